The summed E-state index contributed by atoms with van der Waals surface area (Å²) in [6.45, 7) is 22.7. The van der Waals surface area contributed by atoms with Crippen molar-refractivity contribution in [3.05, 3.63) is 82.9 Å². The van der Waals surface area contributed by atoms with Gasteiger partial charge in [-0.15, -0.1) is 0 Å². The summed E-state index contributed by atoms with van der Waals surface area (Å²) in [6, 6.07) is 19.7. The number of nitrogens with one attached hydrogen (secondary N) is 2. The van der Waals surface area contributed by atoms with E-state index < -0.39 is 10.8 Å². The second-order valence-electron chi connectivity index (χ2n) is 15.9. The Morgan fingerprint density at radius 1 is 0.510 bits per heavy atom. The van der Waals surface area contributed by atoms with E-state index in [2.05, 4.69) is 112 Å². The van der Waals surface area contributed by atoms with Gasteiger partial charge in [0.15, 0.2) is 0 Å². The van der Waals surface area contributed by atoms with Crippen LogP contribution < -0.4 is 0 Å². The number of nitrogens with zero attached hydrogens (tertiary/aromatic N) is 4. The molecule has 8 heteroatoms. The van der Waals surface area contributed by atoms with Crippen molar-refractivity contribution in [2.75, 3.05) is 0 Å². The maximum atomic E-state index is 12.0. The number of benzene rings is 4. The van der Waals surface area contributed by atoms with E-state index in [1.807, 2.05) is 36.4 Å². The Morgan fingerprint density at radius 3 is 1.27 bits per heavy atom. The molecule has 2 aromatic heterocycles. The van der Waals surface area contributed by atoms with Gasteiger partial charge in [0, 0.05) is 28.7 Å². The van der Waals surface area contributed by atoms with Crippen LogP contribution in [0.5, 0.6) is 11.5 Å². The van der Waals surface area contributed by atoms with E-state index in [4.69, 9.17) is 0 Å². The lowest BCUT2D eigenvalue weighted by Crippen LogP contribution is -2.38. The summed E-state index contributed by atoms with van der Waals surface area (Å²) in [5, 5.41) is 47.4. The molecular formula is C41H50N6O2. The number of hydrogen-bond donors (Lipinski definition) is 4. The normalized spacial score (nSPS) is 13.1. The zero-order valence-electron chi connectivity index (χ0n) is 30.6. The van der Waals surface area contributed by atoms with Gasteiger partial charge in [-0.25, -0.2) is 0 Å². The number of aromatic amines is 2. The van der Waals surface area contributed by atoms with Crippen molar-refractivity contribution in [1.82, 2.24) is 30.8 Å². The van der Waals surface area contributed by atoms with Gasteiger partial charge in [0.25, 0.3) is 0 Å². The Kier molecular flexibility index (Phi) is 8.37. The quantitative estimate of drug-likeness (QED) is 0.116. The molecule has 6 aromatic rings. The van der Waals surface area contributed by atoms with Crippen molar-refractivity contribution >= 4 is 22.1 Å². The molecular weight excluding hydrogens is 608 g/mol. The van der Waals surface area contributed by atoms with Crippen LogP contribution in [0.4, 0.5) is 0 Å². The molecule has 6 rings (SSSR count). The van der Waals surface area contributed by atoms with E-state index in [1.165, 1.54) is 0 Å². The largest absolute Gasteiger partial charge is 0.508 e. The van der Waals surface area contributed by atoms with Gasteiger partial charge in [-0.2, -0.15) is 30.8 Å². The summed E-state index contributed by atoms with van der Waals surface area (Å²) < 4.78 is 0. The zero-order valence-corrected chi connectivity index (χ0v) is 30.6. The molecule has 0 aliphatic carbocycles. The molecule has 0 aliphatic heterocycles. The number of phenols is 2. The second-order valence-corrected chi connectivity index (χ2v) is 15.9. The van der Waals surface area contributed by atoms with E-state index in [9.17, 15) is 10.2 Å². The average molecular weight is 659 g/mol. The van der Waals surface area contributed by atoms with Gasteiger partial charge in [-0.05, 0) is 68.2 Å². The maximum Gasteiger partial charge on any atom is 0.120 e. The lowest BCUT2D eigenvalue weighted by Gasteiger charge is -2.45. The SMILES string of the molecule is CCC(C)(C)C(C)(C)c1c(-c2cccc3n[nH]nc23)ccc(O)c1Cc1c(O)ccc(-c2cccc3n[nH]nc23)c1C(C)(C)C(C)(C)CC. The summed E-state index contributed by atoms with van der Waals surface area (Å²) in [5.41, 5.74) is 9.56. The average Bonchev–Trinajstić information content (AvgIpc) is 3.76. The van der Waals surface area contributed by atoms with Crippen LogP contribution in [-0.4, -0.2) is 41.0 Å². The van der Waals surface area contributed by atoms with Crippen LogP contribution in [-0.2, 0) is 17.3 Å². The Morgan fingerprint density at radius 2 is 0.898 bits per heavy atom. The lowest BCUT2D eigenvalue weighted by atomic mass is 9.59. The predicted octanol–water partition coefficient (Wildman–Crippen LogP) is 9.99. The number of aromatic hydroxyl groups is 2. The minimum absolute atomic E-state index is 0.152. The third kappa shape index (κ3) is 5.36. The third-order valence-corrected chi connectivity index (χ3v) is 12.6. The number of para-hydroxylation sites is 2. The van der Waals surface area contributed by atoms with Crippen LogP contribution in [0.3, 0.4) is 0 Å². The zero-order chi connectivity index (χ0) is 35.5. The fraction of sp³-hybridized carbons (Fsp3) is 0.415. The molecule has 0 fully saturated rings. The highest BCUT2D eigenvalue weighted by molar-refractivity contribution is 5.94. The van der Waals surface area contributed by atoms with Gasteiger partial charge in [0.2, 0.25) is 0 Å². The summed E-state index contributed by atoms with van der Waals surface area (Å²) in [4.78, 5) is 0. The highest BCUT2D eigenvalue weighted by Crippen LogP contribution is 2.54. The summed E-state index contributed by atoms with van der Waals surface area (Å²) in [7, 11) is 0. The van der Waals surface area contributed by atoms with Crippen LogP contribution in [0, 0.1) is 10.8 Å². The Bertz CT molecular complexity index is 2010. The minimum atomic E-state index is -0.408. The van der Waals surface area contributed by atoms with Gasteiger partial charge in [-0.1, -0.05) is 118 Å². The molecule has 2 heterocycles. The van der Waals surface area contributed by atoms with Crippen molar-refractivity contribution in [2.45, 2.75) is 99.3 Å². The number of hydrogen-bond acceptors (Lipinski definition) is 6. The maximum absolute atomic E-state index is 12.0. The third-order valence-electron chi connectivity index (χ3n) is 12.6. The smallest absolute Gasteiger partial charge is 0.120 e. The van der Waals surface area contributed by atoms with Crippen molar-refractivity contribution in [1.29, 1.82) is 0 Å². The molecule has 0 aliphatic rings. The van der Waals surface area contributed by atoms with Gasteiger partial charge in [0.1, 0.15) is 33.6 Å². The number of aromatic nitrogens is 6. The summed E-state index contributed by atoms with van der Waals surface area (Å²) >= 11 is 0. The molecule has 256 valence electrons. The fourth-order valence-electron chi connectivity index (χ4n) is 7.42. The van der Waals surface area contributed by atoms with E-state index in [0.29, 0.717) is 6.42 Å². The molecule has 0 saturated carbocycles. The molecule has 0 saturated heterocycles. The molecule has 8 nitrogen and oxygen atoms in total. The highest BCUT2D eigenvalue weighted by Gasteiger charge is 2.43. The van der Waals surface area contributed by atoms with Crippen LogP contribution in [0.1, 0.15) is 104 Å². The molecule has 49 heavy (non-hydrogen) atoms. The molecule has 0 radical (unpaired) electrons. The van der Waals surface area contributed by atoms with Crippen LogP contribution in [0.25, 0.3) is 44.3 Å². The first-order chi connectivity index (χ1) is 23.1. The first-order valence-corrected chi connectivity index (χ1v) is 17.4. The van der Waals surface area contributed by atoms with E-state index in [-0.39, 0.29) is 22.3 Å². The van der Waals surface area contributed by atoms with E-state index >= 15 is 0 Å². The van der Waals surface area contributed by atoms with Gasteiger partial charge in [0.05, 0.1) is 0 Å². The van der Waals surface area contributed by atoms with Gasteiger partial charge < -0.3 is 10.2 Å². The number of rotatable bonds is 10. The first kappa shape index (κ1) is 34.2. The monoisotopic (exact) mass is 658 g/mol. The molecule has 0 spiro atoms. The Hall–Kier alpha value is -4.72. The standard InChI is InChI=1S/C41H50N6O2/c1-11-38(3,4)40(7,8)34-24(26-15-13-17-30-36(26)44-46-42-30)19-21-32(48)28(34)23-29-33(49)22-20-25(35(29)41(9,10)39(5,6)12-2)27-16-14-18-31-37(27)45-47-43-31/h13-22,48-49H,11-12,23H2,1-10H3,(H,42,44,46)(H,43,45,47). The van der Waals surface area contributed by atoms with Gasteiger partial charge in [-0.3, -0.25) is 0 Å². The Balaban J connectivity index is 1.71. The van der Waals surface area contributed by atoms with Crippen molar-refractivity contribution in [3.63, 3.8) is 0 Å². The summed E-state index contributed by atoms with van der Waals surface area (Å²) in [6.07, 6.45) is 2.17. The Labute approximate surface area is 289 Å². The van der Waals surface area contributed by atoms with Crippen molar-refractivity contribution in [3.8, 4) is 33.8 Å². The molecule has 4 aromatic carbocycles. The molecule has 0 amide bonds. The molecule has 0 bridgehead atoms. The molecule has 0 atom stereocenters. The van der Waals surface area contributed by atoms with Crippen molar-refractivity contribution in [2.24, 2.45) is 10.8 Å². The number of fused-ring (bicyclic) bond motifs is 2. The summed E-state index contributed by atoms with van der Waals surface area (Å²) in [5.74, 6) is 0.404. The number of H-pyrrole nitrogens is 2. The fourth-order valence-corrected chi connectivity index (χ4v) is 7.42. The van der Waals surface area contributed by atoms with Crippen LogP contribution in [0.2, 0.25) is 0 Å². The molecule has 4 N–H and O–H groups in total. The number of phenolic OH excluding ortho intramolecular Hbond substituents is 2. The van der Waals surface area contributed by atoms with Gasteiger partial charge >= 0.3 is 0 Å². The first-order valence-electron chi connectivity index (χ1n) is 17.4. The molecule has 0 unspecified atom stereocenters. The minimum Gasteiger partial charge on any atom is -0.508 e. The topological polar surface area (TPSA) is 124 Å². The van der Waals surface area contributed by atoms with E-state index in [0.717, 1.165) is 79.4 Å². The van der Waals surface area contributed by atoms with Crippen LogP contribution in [0.15, 0.2) is 60.7 Å². The lowest BCUT2D eigenvalue weighted by molar-refractivity contribution is 0.187. The predicted molar refractivity (Wildman–Crippen MR) is 199 cm³/mol. The van der Waals surface area contributed by atoms with Crippen molar-refractivity contribution < 1.29 is 10.2 Å². The van der Waals surface area contributed by atoms with Crippen LogP contribution >= 0.6 is 0 Å². The highest BCUT2D eigenvalue weighted by atomic mass is 16.3. The second kappa shape index (κ2) is 12.0. The van der Waals surface area contributed by atoms with E-state index in [1.54, 1.807) is 12.1 Å².